The number of thioether (sulfide) groups is 1. The maximum atomic E-state index is 13.7. The number of carbonyl (C=O) groups excluding carboxylic acids is 1. The summed E-state index contributed by atoms with van der Waals surface area (Å²) in [5.74, 6) is 0.806. The van der Waals surface area contributed by atoms with Gasteiger partial charge in [-0.3, -0.25) is 9.36 Å². The Morgan fingerprint density at radius 3 is 2.78 bits per heavy atom. The Labute approximate surface area is 163 Å². The Balaban J connectivity index is 2.00. The largest absolute Gasteiger partial charge is 0.483 e. The molecule has 146 valence electrons. The van der Waals surface area contributed by atoms with Crippen LogP contribution in [0.3, 0.4) is 0 Å². The first kappa shape index (κ1) is 21.0. The Morgan fingerprint density at radius 2 is 2.11 bits per heavy atom. The minimum absolute atomic E-state index is 0.0569. The van der Waals surface area contributed by atoms with Crippen molar-refractivity contribution in [2.75, 3.05) is 5.75 Å². The van der Waals surface area contributed by atoms with Gasteiger partial charge in [-0.2, -0.15) is 0 Å². The first-order valence-corrected chi connectivity index (χ1v) is 9.73. The molecule has 1 aromatic heterocycles. The fourth-order valence-electron chi connectivity index (χ4n) is 2.14. The summed E-state index contributed by atoms with van der Waals surface area (Å²) < 4.78 is 21.0. The highest BCUT2D eigenvalue weighted by Gasteiger charge is 2.16. The van der Waals surface area contributed by atoms with Crippen molar-refractivity contribution in [3.05, 3.63) is 48.6 Å². The second-order valence-electron chi connectivity index (χ2n) is 6.41. The molecule has 1 aromatic carbocycles. The minimum atomic E-state index is -0.433. The first-order chi connectivity index (χ1) is 12.9. The lowest BCUT2D eigenvalue weighted by molar-refractivity contribution is -0.119. The third-order valence-electron chi connectivity index (χ3n) is 4.02. The number of ether oxygens (including phenoxy) is 1. The predicted molar refractivity (Wildman–Crippen MR) is 104 cm³/mol. The number of carbonyl (C=O) groups is 1. The van der Waals surface area contributed by atoms with Crippen LogP contribution in [0.1, 0.15) is 26.6 Å². The molecular formula is C19H25FN4O2S. The van der Waals surface area contributed by atoms with Gasteiger partial charge in [-0.25, -0.2) is 4.39 Å². The molecule has 1 amide bonds. The van der Waals surface area contributed by atoms with Gasteiger partial charge in [0, 0.05) is 12.6 Å². The quantitative estimate of drug-likeness (QED) is 0.496. The SMILES string of the molecule is C=CCn1c(COc2ccccc2F)nnc1SCC(=O)NC(C)C(C)C. The van der Waals surface area contributed by atoms with Crippen LogP contribution in [0.15, 0.2) is 42.1 Å². The molecule has 1 heterocycles. The van der Waals surface area contributed by atoms with E-state index in [2.05, 4.69) is 35.9 Å². The van der Waals surface area contributed by atoms with E-state index in [1.54, 1.807) is 28.8 Å². The van der Waals surface area contributed by atoms with E-state index in [4.69, 9.17) is 4.74 Å². The zero-order valence-corrected chi connectivity index (χ0v) is 16.6. The molecule has 2 aromatic rings. The van der Waals surface area contributed by atoms with Crippen LogP contribution in [0.2, 0.25) is 0 Å². The number of nitrogens with one attached hydrogen (secondary N) is 1. The topological polar surface area (TPSA) is 69.0 Å². The molecule has 0 radical (unpaired) electrons. The van der Waals surface area contributed by atoms with Gasteiger partial charge in [0.1, 0.15) is 6.61 Å². The average molecular weight is 393 g/mol. The molecule has 1 unspecified atom stereocenters. The van der Waals surface area contributed by atoms with Gasteiger partial charge >= 0.3 is 0 Å². The van der Waals surface area contributed by atoms with Crippen molar-refractivity contribution < 1.29 is 13.9 Å². The molecule has 0 spiro atoms. The number of halogens is 1. The van der Waals surface area contributed by atoms with Gasteiger partial charge in [0.2, 0.25) is 5.91 Å². The van der Waals surface area contributed by atoms with Crippen molar-refractivity contribution in [2.45, 2.75) is 45.1 Å². The van der Waals surface area contributed by atoms with E-state index in [0.717, 1.165) is 0 Å². The maximum absolute atomic E-state index is 13.7. The number of rotatable bonds is 10. The molecule has 2 rings (SSSR count). The average Bonchev–Trinajstić information content (AvgIpc) is 3.01. The molecule has 0 saturated carbocycles. The van der Waals surface area contributed by atoms with E-state index in [9.17, 15) is 9.18 Å². The van der Waals surface area contributed by atoms with Crippen LogP contribution in [0.5, 0.6) is 5.75 Å². The lowest BCUT2D eigenvalue weighted by Crippen LogP contribution is -2.37. The van der Waals surface area contributed by atoms with E-state index in [-0.39, 0.29) is 30.1 Å². The molecular weight excluding hydrogens is 367 g/mol. The Bertz CT molecular complexity index is 779. The Hall–Kier alpha value is -2.35. The highest BCUT2D eigenvalue weighted by atomic mass is 32.2. The number of aromatic nitrogens is 3. The maximum Gasteiger partial charge on any atom is 0.230 e. The highest BCUT2D eigenvalue weighted by molar-refractivity contribution is 7.99. The third-order valence-corrected chi connectivity index (χ3v) is 4.99. The number of amides is 1. The molecule has 0 aliphatic rings. The lowest BCUT2D eigenvalue weighted by atomic mass is 10.1. The summed E-state index contributed by atoms with van der Waals surface area (Å²) in [6.07, 6.45) is 1.71. The van der Waals surface area contributed by atoms with Gasteiger partial charge in [-0.1, -0.05) is 43.8 Å². The van der Waals surface area contributed by atoms with E-state index >= 15 is 0 Å². The highest BCUT2D eigenvalue weighted by Crippen LogP contribution is 2.20. The smallest absolute Gasteiger partial charge is 0.230 e. The van der Waals surface area contributed by atoms with E-state index in [1.807, 2.05) is 6.92 Å². The molecule has 1 atom stereocenters. The van der Waals surface area contributed by atoms with Crippen molar-refractivity contribution >= 4 is 17.7 Å². The lowest BCUT2D eigenvalue weighted by Gasteiger charge is -2.17. The van der Waals surface area contributed by atoms with Gasteiger partial charge < -0.3 is 10.1 Å². The van der Waals surface area contributed by atoms with Crippen molar-refractivity contribution in [3.63, 3.8) is 0 Å². The summed E-state index contributed by atoms with van der Waals surface area (Å²) in [5, 5.41) is 11.8. The van der Waals surface area contributed by atoms with Crippen LogP contribution in [0.4, 0.5) is 4.39 Å². The molecule has 27 heavy (non-hydrogen) atoms. The van der Waals surface area contributed by atoms with Gasteiger partial charge in [0.15, 0.2) is 22.5 Å². The number of hydrogen-bond donors (Lipinski definition) is 1. The standard InChI is InChI=1S/C19H25FN4O2S/c1-5-10-24-17(11-26-16-9-7-6-8-15(16)20)22-23-19(24)27-12-18(25)21-14(4)13(2)3/h5-9,13-14H,1,10-12H2,2-4H3,(H,21,25). The normalized spacial score (nSPS) is 12.0. The van der Waals surface area contributed by atoms with Gasteiger partial charge in [0.05, 0.1) is 5.75 Å². The van der Waals surface area contributed by atoms with Crippen LogP contribution in [0, 0.1) is 11.7 Å². The van der Waals surface area contributed by atoms with Crippen LogP contribution in [-0.2, 0) is 17.9 Å². The molecule has 0 aliphatic heterocycles. The van der Waals surface area contributed by atoms with E-state index < -0.39 is 5.82 Å². The molecule has 1 N–H and O–H groups in total. The van der Waals surface area contributed by atoms with Gasteiger partial charge in [0.25, 0.3) is 0 Å². The van der Waals surface area contributed by atoms with Crippen molar-refractivity contribution in [1.82, 2.24) is 20.1 Å². The summed E-state index contributed by atoms with van der Waals surface area (Å²) in [5.41, 5.74) is 0. The summed E-state index contributed by atoms with van der Waals surface area (Å²) in [6.45, 7) is 10.4. The van der Waals surface area contributed by atoms with Crippen LogP contribution >= 0.6 is 11.8 Å². The third kappa shape index (κ3) is 6.09. The molecule has 0 aliphatic carbocycles. The van der Waals surface area contributed by atoms with Gasteiger partial charge in [-0.15, -0.1) is 16.8 Å². The summed E-state index contributed by atoms with van der Waals surface area (Å²) in [4.78, 5) is 12.1. The van der Waals surface area contributed by atoms with E-state index in [0.29, 0.717) is 23.4 Å². The van der Waals surface area contributed by atoms with Crippen LogP contribution in [0.25, 0.3) is 0 Å². The Morgan fingerprint density at radius 1 is 1.37 bits per heavy atom. The van der Waals surface area contributed by atoms with Crippen LogP contribution < -0.4 is 10.1 Å². The number of hydrogen-bond acceptors (Lipinski definition) is 5. The fraction of sp³-hybridized carbons (Fsp3) is 0.421. The van der Waals surface area contributed by atoms with E-state index in [1.165, 1.54) is 17.8 Å². The van der Waals surface area contributed by atoms with Crippen LogP contribution in [-0.4, -0.2) is 32.5 Å². The van der Waals surface area contributed by atoms with Crippen molar-refractivity contribution in [3.8, 4) is 5.75 Å². The first-order valence-electron chi connectivity index (χ1n) is 8.74. The molecule has 0 bridgehead atoms. The predicted octanol–water partition coefficient (Wildman–Crippen LogP) is 3.44. The molecule has 6 nitrogen and oxygen atoms in total. The molecule has 0 fully saturated rings. The monoisotopic (exact) mass is 392 g/mol. The van der Waals surface area contributed by atoms with Crippen molar-refractivity contribution in [1.29, 1.82) is 0 Å². The van der Waals surface area contributed by atoms with Gasteiger partial charge in [-0.05, 0) is 25.0 Å². The molecule has 0 saturated heterocycles. The second kappa shape index (κ2) is 10.1. The summed E-state index contributed by atoms with van der Waals surface area (Å²) in [6, 6.07) is 6.29. The summed E-state index contributed by atoms with van der Waals surface area (Å²) in [7, 11) is 0. The fourth-order valence-corrected chi connectivity index (χ4v) is 2.92. The second-order valence-corrected chi connectivity index (χ2v) is 7.35. The zero-order chi connectivity index (χ0) is 19.8. The minimum Gasteiger partial charge on any atom is -0.483 e. The van der Waals surface area contributed by atoms with Crippen molar-refractivity contribution in [2.24, 2.45) is 5.92 Å². The Kier molecular flexibility index (Phi) is 7.84. The number of benzene rings is 1. The number of allylic oxidation sites excluding steroid dienone is 1. The zero-order valence-electron chi connectivity index (χ0n) is 15.8. The molecule has 8 heteroatoms. The number of para-hydroxylation sites is 1. The number of nitrogens with zero attached hydrogens (tertiary/aromatic N) is 3. The summed E-state index contributed by atoms with van der Waals surface area (Å²) >= 11 is 1.29.